The summed E-state index contributed by atoms with van der Waals surface area (Å²) >= 11 is 0. The van der Waals surface area contributed by atoms with E-state index in [-0.39, 0.29) is 11.6 Å². The molecule has 0 aliphatic carbocycles. The highest BCUT2D eigenvalue weighted by Gasteiger charge is 2.35. The topological polar surface area (TPSA) is 134 Å². The minimum atomic E-state index is -0.695. The number of carbonyl (C=O) groups is 2. The number of nitrogens with one attached hydrogen (secondary N) is 2. The maximum Gasteiger partial charge on any atom is 0.313 e. The van der Waals surface area contributed by atoms with Crippen LogP contribution in [0.3, 0.4) is 0 Å². The van der Waals surface area contributed by atoms with Crippen molar-refractivity contribution in [1.29, 1.82) is 0 Å². The number of amides is 1. The van der Waals surface area contributed by atoms with E-state index >= 15 is 0 Å². The molecule has 0 fully saturated rings. The third-order valence-corrected chi connectivity index (χ3v) is 6.75. The Bertz CT molecular complexity index is 1620. The van der Waals surface area contributed by atoms with Gasteiger partial charge < -0.3 is 14.6 Å². The average molecular weight is 512 g/mol. The van der Waals surface area contributed by atoms with Gasteiger partial charge in [-0.25, -0.2) is 24.7 Å². The molecule has 0 saturated heterocycles. The molecular formula is C26H25N9O3. The van der Waals surface area contributed by atoms with Crippen LogP contribution in [0.1, 0.15) is 34.2 Å². The molecule has 12 heteroatoms. The van der Waals surface area contributed by atoms with Crippen LogP contribution in [0, 0.1) is 6.92 Å². The van der Waals surface area contributed by atoms with Crippen LogP contribution in [0.4, 0.5) is 0 Å². The van der Waals surface area contributed by atoms with Crippen LogP contribution >= 0.6 is 0 Å². The van der Waals surface area contributed by atoms with Crippen molar-refractivity contribution in [3.63, 3.8) is 0 Å². The number of carbonyl (C=O) groups excluding carboxylic acids is 2. The number of nitrogens with zero attached hydrogens (tertiary/aromatic N) is 7. The lowest BCUT2D eigenvalue weighted by Gasteiger charge is -2.38. The van der Waals surface area contributed by atoms with Gasteiger partial charge in [-0.15, -0.1) is 0 Å². The highest BCUT2D eigenvalue weighted by Crippen LogP contribution is 2.36. The number of fused-ring (bicyclic) bond motifs is 1. The van der Waals surface area contributed by atoms with Crippen molar-refractivity contribution in [3.05, 3.63) is 77.4 Å². The number of hydrogen-bond donors (Lipinski definition) is 2. The second-order valence-electron chi connectivity index (χ2n) is 9.08. The molecule has 3 aromatic heterocycles. The number of aliphatic imine (C=N–C) groups is 1. The zero-order valence-electron chi connectivity index (χ0n) is 21.0. The van der Waals surface area contributed by atoms with Crippen LogP contribution in [-0.4, -0.2) is 73.4 Å². The third-order valence-electron chi connectivity index (χ3n) is 6.75. The van der Waals surface area contributed by atoms with Crippen LogP contribution in [0.25, 0.3) is 16.7 Å². The molecule has 38 heavy (non-hydrogen) atoms. The Hall–Kier alpha value is -5.00. The van der Waals surface area contributed by atoms with Crippen molar-refractivity contribution in [2.75, 3.05) is 20.7 Å². The van der Waals surface area contributed by atoms with Crippen LogP contribution in [-0.2, 0) is 4.79 Å². The van der Waals surface area contributed by atoms with Gasteiger partial charge in [-0.1, -0.05) is 30.3 Å². The Labute approximate surface area is 217 Å². The van der Waals surface area contributed by atoms with Crippen LogP contribution in [0.5, 0.6) is 5.75 Å². The number of aryl methyl sites for hydroxylation is 1. The number of pyridine rings is 1. The molecule has 0 saturated carbocycles. The fourth-order valence-electron chi connectivity index (χ4n) is 4.97. The van der Waals surface area contributed by atoms with Crippen molar-refractivity contribution >= 4 is 28.9 Å². The van der Waals surface area contributed by atoms with Crippen LogP contribution in [0.2, 0.25) is 0 Å². The Morgan fingerprint density at radius 1 is 1.16 bits per heavy atom. The highest BCUT2D eigenvalue weighted by atomic mass is 16.5. The molecule has 1 amide bonds. The minimum Gasteiger partial charge on any atom is -0.494 e. The van der Waals surface area contributed by atoms with E-state index in [0.717, 1.165) is 11.1 Å². The zero-order valence-corrected chi connectivity index (χ0v) is 21.0. The fourth-order valence-corrected chi connectivity index (χ4v) is 4.97. The quantitative estimate of drug-likeness (QED) is 0.308. The van der Waals surface area contributed by atoms with Gasteiger partial charge in [0.1, 0.15) is 23.7 Å². The van der Waals surface area contributed by atoms with Crippen LogP contribution < -0.4 is 10.2 Å². The standard InChI is InChI=1S/C26H25N9O3/c1-15-29-14-35(31-15)25-21-20(19(38-3)12-28-25)18(11-27-21)23(36)26(37)34-10-9-17-22(16-7-5-4-6-8-16)33(2)13-30-24(17)32-34/h4-8,11-14,22,27,32H,9-10H2,1-3H3. The normalized spacial score (nSPS) is 17.0. The molecule has 1 aromatic carbocycles. The predicted molar refractivity (Wildman–Crippen MR) is 139 cm³/mol. The largest absolute Gasteiger partial charge is 0.494 e. The molecule has 1 atom stereocenters. The number of aromatic nitrogens is 5. The first-order valence-corrected chi connectivity index (χ1v) is 12.1. The lowest BCUT2D eigenvalue weighted by molar-refractivity contribution is -0.129. The Balaban J connectivity index is 1.31. The van der Waals surface area contributed by atoms with E-state index in [9.17, 15) is 9.59 Å². The van der Waals surface area contributed by atoms with Gasteiger partial charge in [0, 0.05) is 25.4 Å². The Morgan fingerprint density at radius 2 is 1.97 bits per heavy atom. The number of methoxy groups -OCH3 is 1. The van der Waals surface area contributed by atoms with Gasteiger partial charge in [0.15, 0.2) is 5.82 Å². The lowest BCUT2D eigenvalue weighted by Crippen LogP contribution is -2.50. The first-order valence-electron chi connectivity index (χ1n) is 12.1. The maximum atomic E-state index is 13.5. The summed E-state index contributed by atoms with van der Waals surface area (Å²) in [6.07, 6.45) is 6.82. The number of hydrazine groups is 1. The van der Waals surface area contributed by atoms with Crippen molar-refractivity contribution in [2.45, 2.75) is 19.4 Å². The molecule has 6 rings (SSSR count). The summed E-state index contributed by atoms with van der Waals surface area (Å²) in [5.41, 5.74) is 5.95. The molecule has 5 heterocycles. The summed E-state index contributed by atoms with van der Waals surface area (Å²) in [4.78, 5) is 45.1. The van der Waals surface area contributed by atoms with Gasteiger partial charge in [0.2, 0.25) is 0 Å². The van der Waals surface area contributed by atoms with E-state index in [0.29, 0.717) is 47.1 Å². The molecule has 1 unspecified atom stereocenters. The summed E-state index contributed by atoms with van der Waals surface area (Å²) < 4.78 is 6.99. The third kappa shape index (κ3) is 3.77. The Kier molecular flexibility index (Phi) is 5.63. The van der Waals surface area contributed by atoms with E-state index in [4.69, 9.17) is 4.74 Å². The molecule has 0 spiro atoms. The molecular weight excluding hydrogens is 486 g/mol. The van der Waals surface area contributed by atoms with Gasteiger partial charge in [0.25, 0.3) is 5.78 Å². The number of likely N-dealkylation sites (N-methyl/N-ethyl adjacent to an activating group) is 1. The number of ether oxygens (including phenoxy) is 1. The van der Waals surface area contributed by atoms with Gasteiger partial charge in [-0.3, -0.25) is 15.0 Å². The maximum absolute atomic E-state index is 13.5. The Morgan fingerprint density at radius 3 is 2.71 bits per heavy atom. The summed E-state index contributed by atoms with van der Waals surface area (Å²) in [5.74, 6) is 0.569. The molecule has 2 aliphatic heterocycles. The molecule has 2 aliphatic rings. The van der Waals surface area contributed by atoms with E-state index in [1.54, 1.807) is 13.3 Å². The minimum absolute atomic E-state index is 0.00613. The smallest absolute Gasteiger partial charge is 0.313 e. The number of H-pyrrole nitrogens is 1. The average Bonchev–Trinajstić information content (AvgIpc) is 3.59. The monoisotopic (exact) mass is 511 g/mol. The van der Waals surface area contributed by atoms with E-state index in [1.807, 2.05) is 30.1 Å². The zero-order chi connectivity index (χ0) is 26.4. The lowest BCUT2D eigenvalue weighted by atomic mass is 9.93. The van der Waals surface area contributed by atoms with Crippen molar-refractivity contribution in [3.8, 4) is 11.6 Å². The summed E-state index contributed by atoms with van der Waals surface area (Å²) in [6.45, 7) is 2.09. The number of aromatic amines is 1. The van der Waals surface area contributed by atoms with Gasteiger partial charge in [0.05, 0.1) is 42.2 Å². The summed E-state index contributed by atoms with van der Waals surface area (Å²) in [6, 6.07) is 10.1. The van der Waals surface area contributed by atoms with Crippen molar-refractivity contribution in [2.24, 2.45) is 4.99 Å². The fraction of sp³-hybridized carbons (Fsp3) is 0.231. The molecule has 0 radical (unpaired) electrons. The summed E-state index contributed by atoms with van der Waals surface area (Å²) in [5, 5.41) is 6.08. The molecule has 0 bridgehead atoms. The van der Waals surface area contributed by atoms with Gasteiger partial charge in [-0.05, 0) is 18.9 Å². The highest BCUT2D eigenvalue weighted by molar-refractivity contribution is 6.45. The van der Waals surface area contributed by atoms with E-state index in [1.165, 1.54) is 35.5 Å². The molecule has 12 nitrogen and oxygen atoms in total. The van der Waals surface area contributed by atoms with Gasteiger partial charge >= 0.3 is 5.91 Å². The number of hydrogen-bond acceptors (Lipinski definition) is 9. The molecule has 4 aromatic rings. The molecule has 192 valence electrons. The van der Waals surface area contributed by atoms with E-state index in [2.05, 4.69) is 42.6 Å². The summed E-state index contributed by atoms with van der Waals surface area (Å²) in [7, 11) is 3.46. The number of ketones is 1. The molecule has 2 N–H and O–H groups in total. The number of rotatable bonds is 5. The second-order valence-corrected chi connectivity index (χ2v) is 9.08. The van der Waals surface area contributed by atoms with Crippen molar-refractivity contribution in [1.82, 2.24) is 40.1 Å². The second kappa shape index (κ2) is 9.14. The van der Waals surface area contributed by atoms with Crippen LogP contribution in [0.15, 0.2) is 65.4 Å². The SMILES string of the molecule is COc1cnc(-n2cnc(C)n2)c2[nH]cc(C(=O)C(=O)N3CCC4=C(N=CN(C)C4c4ccccc4)N3)c12. The number of benzene rings is 1. The van der Waals surface area contributed by atoms with Gasteiger partial charge in [-0.2, -0.15) is 5.10 Å². The van der Waals surface area contributed by atoms with E-state index < -0.39 is 11.7 Å². The first kappa shape index (κ1) is 23.4. The van der Waals surface area contributed by atoms with Crippen molar-refractivity contribution < 1.29 is 14.3 Å². The predicted octanol–water partition coefficient (Wildman–Crippen LogP) is 2.31. The number of Topliss-reactive ketones (excluding diaryl/α,β-unsaturated/α-hetero) is 1. The first-order chi connectivity index (χ1) is 18.5.